The number of hydrogen-bond acceptors (Lipinski definition) is 1. The fraction of sp³-hybridized carbons (Fsp3) is 0.714. The summed E-state index contributed by atoms with van der Waals surface area (Å²) in [5.41, 5.74) is 4.95. The molecule has 0 bridgehead atoms. The molecule has 0 heterocycles. The van der Waals surface area contributed by atoms with Crippen LogP contribution >= 0.6 is 12.4 Å². The zero-order valence-corrected chi connectivity index (χ0v) is 6.63. The van der Waals surface area contributed by atoms with Gasteiger partial charge in [-0.3, -0.25) is 0 Å². The highest BCUT2D eigenvalue weighted by Gasteiger charge is 1.78. The molecule has 0 aromatic heterocycles. The van der Waals surface area contributed by atoms with Crippen LogP contribution in [0.4, 0.5) is 0 Å². The van der Waals surface area contributed by atoms with Crippen molar-refractivity contribution in [1.29, 1.82) is 0 Å². The summed E-state index contributed by atoms with van der Waals surface area (Å²) >= 11 is 0. The molecule has 0 aromatic carbocycles. The molecule has 0 aliphatic carbocycles. The summed E-state index contributed by atoms with van der Waals surface area (Å²) in [4.78, 5) is 0. The molecule has 0 aliphatic rings. The van der Waals surface area contributed by atoms with E-state index >= 15 is 0 Å². The van der Waals surface area contributed by atoms with Gasteiger partial charge in [-0.05, 0) is 6.42 Å². The Morgan fingerprint density at radius 2 is 2.00 bits per heavy atom. The molecule has 0 fully saturated rings. The second-order valence-corrected chi connectivity index (χ2v) is 1.78. The maximum absolute atomic E-state index is 4.95. The lowest BCUT2D eigenvalue weighted by Gasteiger charge is -1.86. The quantitative estimate of drug-likeness (QED) is 0.369. The van der Waals surface area contributed by atoms with Gasteiger partial charge in [-0.15, -0.1) is 12.4 Å². The van der Waals surface area contributed by atoms with E-state index in [-0.39, 0.29) is 12.4 Å². The molecular weight excluding hydrogens is 134 g/mol. The van der Waals surface area contributed by atoms with Crippen LogP contribution in [-0.2, 0) is 0 Å². The molecule has 0 rings (SSSR count). The van der Waals surface area contributed by atoms with Gasteiger partial charge in [0.15, 0.2) is 0 Å². The first-order chi connectivity index (χ1) is 3.91. The molecule has 2 N–H and O–H groups in total. The number of unbranched alkanes of at least 4 members (excludes halogenated alkanes) is 3. The van der Waals surface area contributed by atoms with Crippen molar-refractivity contribution in [2.24, 2.45) is 5.73 Å². The van der Waals surface area contributed by atoms with Crippen LogP contribution in [0.25, 0.3) is 0 Å². The van der Waals surface area contributed by atoms with Gasteiger partial charge in [-0.2, -0.15) is 0 Å². The van der Waals surface area contributed by atoms with E-state index in [2.05, 4.69) is 18.9 Å². The Labute approximate surface area is 63.4 Å². The minimum absolute atomic E-state index is 0. The fourth-order valence-electron chi connectivity index (χ4n) is 0.536. The standard InChI is InChI=1S/C7H13N.ClH/c1-2-3-4-5-6-7-8;/h2-5,8H2,1H3;1H. The molecule has 0 saturated heterocycles. The van der Waals surface area contributed by atoms with Gasteiger partial charge in [-0.25, -0.2) is 0 Å². The molecule has 1 nitrogen and oxygen atoms in total. The van der Waals surface area contributed by atoms with Crippen molar-refractivity contribution in [3.63, 3.8) is 0 Å². The SMILES string of the molecule is CCCCCC#CN.Cl. The van der Waals surface area contributed by atoms with Crippen molar-refractivity contribution in [3.05, 3.63) is 0 Å². The molecule has 0 radical (unpaired) electrons. The number of rotatable bonds is 3. The molecule has 0 unspecified atom stereocenters. The Kier molecular flexibility index (Phi) is 13.5. The predicted octanol–water partition coefficient (Wildman–Crippen LogP) is 1.91. The molecular formula is C7H14ClN. The fourth-order valence-corrected chi connectivity index (χ4v) is 0.536. The predicted molar refractivity (Wildman–Crippen MR) is 43.4 cm³/mol. The van der Waals surface area contributed by atoms with Gasteiger partial charge in [0.05, 0.1) is 0 Å². The van der Waals surface area contributed by atoms with E-state index in [9.17, 15) is 0 Å². The second-order valence-electron chi connectivity index (χ2n) is 1.78. The van der Waals surface area contributed by atoms with Crippen LogP contribution in [0, 0.1) is 12.0 Å². The van der Waals surface area contributed by atoms with Crippen molar-refractivity contribution in [2.45, 2.75) is 32.6 Å². The van der Waals surface area contributed by atoms with Crippen LogP contribution in [0.2, 0.25) is 0 Å². The van der Waals surface area contributed by atoms with Gasteiger partial charge in [-0.1, -0.05) is 25.7 Å². The first kappa shape index (κ1) is 11.4. The molecule has 54 valence electrons. The molecule has 0 amide bonds. The Hall–Kier alpha value is -0.350. The largest absolute Gasteiger partial charge is 0.359 e. The summed E-state index contributed by atoms with van der Waals surface area (Å²) in [6.45, 7) is 2.18. The van der Waals surface area contributed by atoms with Crippen molar-refractivity contribution in [2.75, 3.05) is 0 Å². The zero-order valence-electron chi connectivity index (χ0n) is 5.81. The van der Waals surface area contributed by atoms with E-state index in [0.717, 1.165) is 6.42 Å². The summed E-state index contributed by atoms with van der Waals surface area (Å²) in [5, 5.41) is 0. The number of hydrogen-bond donors (Lipinski definition) is 1. The van der Waals surface area contributed by atoms with Crippen LogP contribution in [0.15, 0.2) is 0 Å². The van der Waals surface area contributed by atoms with Crippen LogP contribution in [0.5, 0.6) is 0 Å². The third-order valence-electron chi connectivity index (χ3n) is 1.01. The number of nitrogens with two attached hydrogens (primary N) is 1. The Balaban J connectivity index is 0. The van der Waals surface area contributed by atoms with Gasteiger partial charge in [0.25, 0.3) is 0 Å². The van der Waals surface area contributed by atoms with Crippen molar-refractivity contribution >= 4 is 12.4 Å². The maximum atomic E-state index is 4.95. The van der Waals surface area contributed by atoms with Gasteiger partial charge in [0.2, 0.25) is 0 Å². The highest BCUT2D eigenvalue weighted by atomic mass is 35.5. The Bertz CT molecular complexity index is 90.8. The van der Waals surface area contributed by atoms with Crippen molar-refractivity contribution < 1.29 is 0 Å². The second kappa shape index (κ2) is 10.6. The number of halogens is 1. The highest BCUT2D eigenvalue weighted by molar-refractivity contribution is 5.85. The summed E-state index contributed by atoms with van der Waals surface area (Å²) in [5.74, 6) is 2.81. The van der Waals surface area contributed by atoms with Gasteiger partial charge in [0.1, 0.15) is 0 Å². The maximum Gasteiger partial charge on any atom is 0.0107 e. The Morgan fingerprint density at radius 3 is 2.44 bits per heavy atom. The summed E-state index contributed by atoms with van der Waals surface area (Å²) < 4.78 is 0. The lowest BCUT2D eigenvalue weighted by molar-refractivity contribution is 0.737. The van der Waals surface area contributed by atoms with Crippen LogP contribution in [0.3, 0.4) is 0 Å². The lowest BCUT2D eigenvalue weighted by Crippen LogP contribution is -1.77. The average Bonchev–Trinajstić information content (AvgIpc) is 1.81. The summed E-state index contributed by atoms with van der Waals surface area (Å²) in [7, 11) is 0. The summed E-state index contributed by atoms with van der Waals surface area (Å²) in [6.07, 6.45) is 4.69. The first-order valence-corrected chi connectivity index (χ1v) is 3.10. The van der Waals surface area contributed by atoms with E-state index in [1.54, 1.807) is 0 Å². The molecule has 0 saturated carbocycles. The van der Waals surface area contributed by atoms with Crippen LogP contribution < -0.4 is 5.73 Å². The molecule has 9 heavy (non-hydrogen) atoms. The molecule has 0 aliphatic heterocycles. The molecule has 0 atom stereocenters. The minimum Gasteiger partial charge on any atom is -0.359 e. The van der Waals surface area contributed by atoms with E-state index < -0.39 is 0 Å². The normalized spacial score (nSPS) is 6.78. The topological polar surface area (TPSA) is 26.0 Å². The monoisotopic (exact) mass is 147 g/mol. The van der Waals surface area contributed by atoms with Crippen LogP contribution in [-0.4, -0.2) is 0 Å². The van der Waals surface area contributed by atoms with E-state index in [4.69, 9.17) is 5.73 Å². The first-order valence-electron chi connectivity index (χ1n) is 3.10. The van der Waals surface area contributed by atoms with E-state index in [0.29, 0.717) is 0 Å². The van der Waals surface area contributed by atoms with Gasteiger partial charge < -0.3 is 5.73 Å². The lowest BCUT2D eigenvalue weighted by atomic mass is 10.2. The van der Waals surface area contributed by atoms with Crippen molar-refractivity contribution in [3.8, 4) is 12.0 Å². The van der Waals surface area contributed by atoms with Crippen LogP contribution in [0.1, 0.15) is 32.6 Å². The average molecular weight is 148 g/mol. The third kappa shape index (κ3) is 11.3. The smallest absolute Gasteiger partial charge is 0.0107 e. The zero-order chi connectivity index (χ0) is 6.24. The third-order valence-corrected chi connectivity index (χ3v) is 1.01. The van der Waals surface area contributed by atoms with Gasteiger partial charge >= 0.3 is 0 Å². The Morgan fingerprint density at radius 1 is 1.33 bits per heavy atom. The van der Waals surface area contributed by atoms with E-state index in [1.165, 1.54) is 19.3 Å². The minimum atomic E-state index is 0. The highest BCUT2D eigenvalue weighted by Crippen LogP contribution is 1.95. The summed E-state index contributed by atoms with van der Waals surface area (Å²) in [6, 6.07) is 2.38. The molecule has 0 aromatic rings. The molecule has 2 heteroatoms. The van der Waals surface area contributed by atoms with Crippen molar-refractivity contribution in [1.82, 2.24) is 0 Å². The van der Waals surface area contributed by atoms with Gasteiger partial charge in [0, 0.05) is 12.5 Å². The van der Waals surface area contributed by atoms with E-state index in [1.807, 2.05) is 0 Å². The molecule has 0 spiro atoms.